The molecule has 1 aliphatic rings. The fourth-order valence-electron chi connectivity index (χ4n) is 2.87. The summed E-state index contributed by atoms with van der Waals surface area (Å²) in [5.41, 5.74) is 2.45. The Balaban J connectivity index is 1.97. The van der Waals surface area contributed by atoms with Crippen molar-refractivity contribution in [2.45, 2.75) is 52.2 Å². The van der Waals surface area contributed by atoms with Gasteiger partial charge in [0.2, 0.25) is 0 Å². The summed E-state index contributed by atoms with van der Waals surface area (Å²) in [7, 11) is 4.36. The number of hydrogen-bond acceptors (Lipinski definition) is 4. The third-order valence-corrected chi connectivity index (χ3v) is 4.40. The molecule has 0 atom stereocenters. The third kappa shape index (κ3) is 4.42. The number of nitrogens with one attached hydrogen (secondary N) is 1. The van der Waals surface area contributed by atoms with E-state index >= 15 is 0 Å². The van der Waals surface area contributed by atoms with Gasteiger partial charge in [-0.1, -0.05) is 19.9 Å². The minimum atomic E-state index is 0.508. The van der Waals surface area contributed by atoms with Crippen LogP contribution in [0.25, 0.3) is 0 Å². The second-order valence-corrected chi connectivity index (χ2v) is 6.63. The topological polar surface area (TPSA) is 31.4 Å². The first-order valence-corrected chi connectivity index (χ1v) is 8.08. The van der Waals surface area contributed by atoms with E-state index in [2.05, 4.69) is 62.1 Å². The highest BCUT2D eigenvalue weighted by Gasteiger charge is 2.21. The molecule has 0 radical (unpaired) electrons. The molecule has 2 heterocycles. The first kappa shape index (κ1) is 16.2. The van der Waals surface area contributed by atoms with E-state index in [1.165, 1.54) is 18.4 Å². The molecule has 4 nitrogen and oxygen atoms in total. The number of hydrogen-bond donors (Lipinski definition) is 1. The third-order valence-electron chi connectivity index (χ3n) is 4.40. The summed E-state index contributed by atoms with van der Waals surface area (Å²) >= 11 is 0. The number of rotatable bonds is 5. The Labute approximate surface area is 129 Å². The largest absolute Gasteiger partial charge is 0.356 e. The molecule has 0 bridgehead atoms. The van der Waals surface area contributed by atoms with E-state index in [1.54, 1.807) is 0 Å². The maximum Gasteiger partial charge on any atom is 0.128 e. The lowest BCUT2D eigenvalue weighted by atomic mass is 10.0. The number of piperidine rings is 1. The Hall–Kier alpha value is -1.13. The number of aryl methyl sites for hydroxylation is 1. The highest BCUT2D eigenvalue weighted by Crippen LogP contribution is 2.21. The minimum absolute atomic E-state index is 0.508. The van der Waals surface area contributed by atoms with Crippen molar-refractivity contribution in [2.24, 2.45) is 0 Å². The van der Waals surface area contributed by atoms with Crippen LogP contribution in [0.5, 0.6) is 0 Å². The van der Waals surface area contributed by atoms with E-state index in [4.69, 9.17) is 4.98 Å². The molecule has 1 aliphatic heterocycles. The molecule has 1 aromatic rings. The van der Waals surface area contributed by atoms with Crippen molar-refractivity contribution in [3.05, 3.63) is 23.4 Å². The van der Waals surface area contributed by atoms with Gasteiger partial charge in [-0.25, -0.2) is 4.98 Å². The van der Waals surface area contributed by atoms with Crippen LogP contribution < -0.4 is 10.2 Å². The van der Waals surface area contributed by atoms with Gasteiger partial charge in [0.15, 0.2) is 0 Å². The van der Waals surface area contributed by atoms with Gasteiger partial charge in [-0.05, 0) is 45.5 Å². The van der Waals surface area contributed by atoms with Gasteiger partial charge in [-0.2, -0.15) is 0 Å². The van der Waals surface area contributed by atoms with Crippen molar-refractivity contribution in [1.82, 2.24) is 15.2 Å². The van der Waals surface area contributed by atoms with Gasteiger partial charge in [-0.3, -0.25) is 0 Å². The minimum Gasteiger partial charge on any atom is -0.356 e. The number of nitrogens with zero attached hydrogens (tertiary/aromatic N) is 3. The summed E-state index contributed by atoms with van der Waals surface area (Å²) in [6, 6.07) is 5.64. The molecule has 1 aromatic heterocycles. The molecular weight excluding hydrogens is 260 g/mol. The average Bonchev–Trinajstić information content (AvgIpc) is 2.46. The number of aromatic nitrogens is 1. The fourth-order valence-corrected chi connectivity index (χ4v) is 2.87. The first-order chi connectivity index (χ1) is 9.97. The van der Waals surface area contributed by atoms with Crippen molar-refractivity contribution in [1.29, 1.82) is 0 Å². The summed E-state index contributed by atoms with van der Waals surface area (Å²) < 4.78 is 0. The van der Waals surface area contributed by atoms with Crippen LogP contribution in [0, 0.1) is 6.92 Å². The zero-order chi connectivity index (χ0) is 15.4. The van der Waals surface area contributed by atoms with Crippen LogP contribution in [-0.4, -0.2) is 49.2 Å². The molecule has 0 spiro atoms. The fraction of sp³-hybridized carbons (Fsp3) is 0.706. The monoisotopic (exact) mass is 290 g/mol. The van der Waals surface area contributed by atoms with E-state index < -0.39 is 0 Å². The van der Waals surface area contributed by atoms with E-state index in [0.29, 0.717) is 6.04 Å². The van der Waals surface area contributed by atoms with Crippen LogP contribution in [0.2, 0.25) is 0 Å². The Bertz CT molecular complexity index is 448. The second-order valence-electron chi connectivity index (χ2n) is 6.63. The molecule has 2 rings (SSSR count). The van der Waals surface area contributed by atoms with Gasteiger partial charge in [0.05, 0.1) is 0 Å². The molecule has 118 valence electrons. The molecule has 0 aromatic carbocycles. The summed E-state index contributed by atoms with van der Waals surface area (Å²) in [6.07, 6.45) is 2.45. The zero-order valence-electron chi connectivity index (χ0n) is 14.2. The van der Waals surface area contributed by atoms with Crippen LogP contribution in [0.3, 0.4) is 0 Å². The average molecular weight is 290 g/mol. The van der Waals surface area contributed by atoms with Crippen molar-refractivity contribution in [3.8, 4) is 0 Å². The lowest BCUT2D eigenvalue weighted by Gasteiger charge is -2.36. The molecule has 1 N–H and O–H groups in total. The smallest absolute Gasteiger partial charge is 0.128 e. The van der Waals surface area contributed by atoms with Gasteiger partial charge in [0.1, 0.15) is 5.82 Å². The first-order valence-electron chi connectivity index (χ1n) is 8.08. The maximum atomic E-state index is 4.82. The standard InChI is InChI=1S/C17H30N4/c1-13(2)18-12-15-6-7-17(19-14(15)3)21-10-8-16(9-11-21)20(4)5/h6-7,13,16,18H,8-12H2,1-5H3. The lowest BCUT2D eigenvalue weighted by molar-refractivity contribution is 0.249. The zero-order valence-corrected chi connectivity index (χ0v) is 14.2. The summed E-state index contributed by atoms with van der Waals surface area (Å²) in [6.45, 7) is 9.59. The maximum absolute atomic E-state index is 4.82. The normalized spacial score (nSPS) is 17.0. The Morgan fingerprint density at radius 2 is 1.95 bits per heavy atom. The van der Waals surface area contributed by atoms with E-state index in [-0.39, 0.29) is 0 Å². The highest BCUT2D eigenvalue weighted by atomic mass is 15.2. The van der Waals surface area contributed by atoms with Gasteiger partial charge in [-0.15, -0.1) is 0 Å². The number of pyridine rings is 1. The van der Waals surface area contributed by atoms with Crippen LogP contribution in [-0.2, 0) is 6.54 Å². The second kappa shape index (κ2) is 7.23. The number of anilines is 1. The van der Waals surface area contributed by atoms with Gasteiger partial charge in [0.25, 0.3) is 0 Å². The Morgan fingerprint density at radius 1 is 1.29 bits per heavy atom. The molecule has 4 heteroatoms. The van der Waals surface area contributed by atoms with Crippen LogP contribution >= 0.6 is 0 Å². The van der Waals surface area contributed by atoms with Crippen LogP contribution in [0.1, 0.15) is 37.9 Å². The van der Waals surface area contributed by atoms with Crippen molar-refractivity contribution >= 4 is 5.82 Å². The van der Waals surface area contributed by atoms with E-state index in [0.717, 1.165) is 37.2 Å². The van der Waals surface area contributed by atoms with Crippen molar-refractivity contribution < 1.29 is 0 Å². The summed E-state index contributed by atoms with van der Waals surface area (Å²) in [5, 5.41) is 3.46. The SMILES string of the molecule is Cc1nc(N2CCC(N(C)C)CC2)ccc1CNC(C)C. The highest BCUT2D eigenvalue weighted by molar-refractivity contribution is 5.42. The van der Waals surface area contributed by atoms with Crippen molar-refractivity contribution in [2.75, 3.05) is 32.1 Å². The molecule has 0 unspecified atom stereocenters. The lowest BCUT2D eigenvalue weighted by Crippen LogP contribution is -2.42. The van der Waals surface area contributed by atoms with E-state index in [1.807, 2.05) is 0 Å². The van der Waals surface area contributed by atoms with E-state index in [9.17, 15) is 0 Å². The molecule has 0 aliphatic carbocycles. The molecule has 1 saturated heterocycles. The van der Waals surface area contributed by atoms with Crippen molar-refractivity contribution in [3.63, 3.8) is 0 Å². The van der Waals surface area contributed by atoms with Gasteiger partial charge in [0, 0.05) is 37.4 Å². The van der Waals surface area contributed by atoms with Gasteiger partial charge >= 0.3 is 0 Å². The molecule has 0 amide bonds. The summed E-state index contributed by atoms with van der Waals surface area (Å²) in [5.74, 6) is 1.14. The predicted molar refractivity (Wildman–Crippen MR) is 89.9 cm³/mol. The quantitative estimate of drug-likeness (QED) is 0.902. The molecule has 21 heavy (non-hydrogen) atoms. The Kier molecular flexibility index (Phi) is 5.59. The predicted octanol–water partition coefficient (Wildman–Crippen LogP) is 2.42. The van der Waals surface area contributed by atoms with Crippen LogP contribution in [0.15, 0.2) is 12.1 Å². The van der Waals surface area contributed by atoms with Crippen LogP contribution in [0.4, 0.5) is 5.82 Å². The van der Waals surface area contributed by atoms with Gasteiger partial charge < -0.3 is 15.1 Å². The molecule has 1 fully saturated rings. The summed E-state index contributed by atoms with van der Waals surface area (Å²) in [4.78, 5) is 9.58. The molecular formula is C17H30N4. The Morgan fingerprint density at radius 3 is 2.48 bits per heavy atom. The molecule has 0 saturated carbocycles.